The molecule has 20 heavy (non-hydrogen) atoms. The highest BCUT2D eigenvalue weighted by Crippen LogP contribution is 2.20. The van der Waals surface area contributed by atoms with Crippen molar-refractivity contribution in [1.82, 2.24) is 10.3 Å². The summed E-state index contributed by atoms with van der Waals surface area (Å²) in [6, 6.07) is 6.60. The third-order valence-electron chi connectivity index (χ3n) is 3.21. The van der Waals surface area contributed by atoms with Crippen molar-refractivity contribution in [3.8, 4) is 6.07 Å². The lowest BCUT2D eigenvalue weighted by molar-refractivity contribution is 0.415. The molecule has 1 heterocycles. The van der Waals surface area contributed by atoms with Crippen molar-refractivity contribution in [2.45, 2.75) is 57.5 Å². The zero-order valence-electron chi connectivity index (χ0n) is 13.0. The van der Waals surface area contributed by atoms with E-state index in [1.54, 1.807) is 11.8 Å². The van der Waals surface area contributed by atoms with Crippen LogP contribution in [0.2, 0.25) is 0 Å². The molecule has 0 saturated carbocycles. The van der Waals surface area contributed by atoms with E-state index >= 15 is 0 Å². The summed E-state index contributed by atoms with van der Waals surface area (Å²) in [7, 11) is 0. The number of nitrogens with one attached hydrogen (secondary N) is 1. The number of unbranched alkanes of at least 4 members (excludes halogenated alkanes) is 1. The lowest BCUT2D eigenvalue weighted by Gasteiger charge is -2.22. The van der Waals surface area contributed by atoms with Crippen LogP contribution in [0.25, 0.3) is 0 Å². The molecule has 0 amide bonds. The number of hydrogen-bond donors (Lipinski definition) is 1. The van der Waals surface area contributed by atoms with Gasteiger partial charge in [0.2, 0.25) is 0 Å². The van der Waals surface area contributed by atoms with Gasteiger partial charge < -0.3 is 0 Å². The normalized spacial score (nSPS) is 13.8. The largest absolute Gasteiger partial charge is 0.300 e. The summed E-state index contributed by atoms with van der Waals surface area (Å²) in [5, 5.41) is 13.5. The number of nitrogens with zero attached hydrogens (tertiary/aromatic N) is 2. The Morgan fingerprint density at radius 3 is 2.70 bits per heavy atom. The fourth-order valence-electron chi connectivity index (χ4n) is 2.21. The highest BCUT2D eigenvalue weighted by molar-refractivity contribution is 7.99. The van der Waals surface area contributed by atoms with Crippen molar-refractivity contribution < 1.29 is 0 Å². The first-order valence-corrected chi connectivity index (χ1v) is 8.22. The first kappa shape index (κ1) is 17.0. The number of pyridine rings is 1. The monoisotopic (exact) mass is 291 g/mol. The molecule has 0 aliphatic rings. The number of rotatable bonds is 8. The van der Waals surface area contributed by atoms with Crippen LogP contribution in [0, 0.1) is 25.2 Å². The predicted molar refractivity (Wildman–Crippen MR) is 86.0 cm³/mol. The summed E-state index contributed by atoms with van der Waals surface area (Å²) >= 11 is 1.81. The maximum absolute atomic E-state index is 9.18. The van der Waals surface area contributed by atoms with Gasteiger partial charge >= 0.3 is 0 Å². The second-order valence-electron chi connectivity index (χ2n) is 5.40. The quantitative estimate of drug-likeness (QED) is 0.584. The average molecular weight is 291 g/mol. The average Bonchev–Trinajstić information content (AvgIpc) is 2.37. The molecule has 0 fully saturated rings. The topological polar surface area (TPSA) is 48.7 Å². The minimum absolute atomic E-state index is 0.377. The molecule has 110 valence electrons. The molecule has 3 nitrogen and oxygen atoms in total. The van der Waals surface area contributed by atoms with Crippen LogP contribution in [0.3, 0.4) is 0 Å². The molecule has 0 bridgehead atoms. The first-order valence-electron chi connectivity index (χ1n) is 7.23. The Hall–Kier alpha value is -1.05. The Bertz CT molecular complexity index is 447. The van der Waals surface area contributed by atoms with Crippen LogP contribution >= 0.6 is 11.8 Å². The summed E-state index contributed by atoms with van der Waals surface area (Å²) < 4.78 is 0. The van der Waals surface area contributed by atoms with E-state index in [1.807, 2.05) is 20.8 Å². The first-order chi connectivity index (χ1) is 9.49. The van der Waals surface area contributed by atoms with Gasteiger partial charge in [-0.15, -0.1) is 11.8 Å². The van der Waals surface area contributed by atoms with Crippen molar-refractivity contribution in [2.75, 3.05) is 12.3 Å². The van der Waals surface area contributed by atoms with Crippen LogP contribution in [-0.4, -0.2) is 22.8 Å². The zero-order chi connectivity index (χ0) is 15.0. The SMILES string of the molecule is CCNC(C)(C#N)CCCCSc1cc(C)cc(C)n1. The molecular weight excluding hydrogens is 266 g/mol. The minimum atomic E-state index is -0.377. The second kappa shape index (κ2) is 8.28. The number of hydrogen-bond acceptors (Lipinski definition) is 4. The van der Waals surface area contributed by atoms with E-state index in [0.29, 0.717) is 0 Å². The third-order valence-corrected chi connectivity index (χ3v) is 4.21. The maximum atomic E-state index is 9.18. The third kappa shape index (κ3) is 5.94. The molecule has 1 atom stereocenters. The van der Waals surface area contributed by atoms with E-state index in [0.717, 1.165) is 42.3 Å². The van der Waals surface area contributed by atoms with E-state index in [2.05, 4.69) is 35.4 Å². The van der Waals surface area contributed by atoms with Crippen LogP contribution in [0.4, 0.5) is 0 Å². The van der Waals surface area contributed by atoms with Gasteiger partial charge in [0.15, 0.2) is 0 Å². The van der Waals surface area contributed by atoms with Crippen molar-refractivity contribution >= 4 is 11.8 Å². The highest BCUT2D eigenvalue weighted by atomic mass is 32.2. The van der Waals surface area contributed by atoms with Gasteiger partial charge in [-0.05, 0) is 70.0 Å². The van der Waals surface area contributed by atoms with Gasteiger partial charge in [0.1, 0.15) is 5.54 Å². The van der Waals surface area contributed by atoms with Crippen LogP contribution in [-0.2, 0) is 0 Å². The summed E-state index contributed by atoms with van der Waals surface area (Å²) in [6.07, 6.45) is 3.08. The molecule has 0 aliphatic carbocycles. The predicted octanol–water partition coefficient (Wildman–Crippen LogP) is 3.85. The Kier molecular flexibility index (Phi) is 7.04. The molecule has 0 radical (unpaired) electrons. The van der Waals surface area contributed by atoms with E-state index in [1.165, 1.54) is 5.56 Å². The molecule has 0 spiro atoms. The molecule has 1 aromatic rings. The summed E-state index contributed by atoms with van der Waals surface area (Å²) in [4.78, 5) is 4.52. The van der Waals surface area contributed by atoms with Gasteiger partial charge in [0.05, 0.1) is 11.1 Å². The molecule has 0 saturated heterocycles. The molecule has 1 aromatic heterocycles. The Labute approximate surface area is 127 Å². The maximum Gasteiger partial charge on any atom is 0.103 e. The number of nitriles is 1. The van der Waals surface area contributed by atoms with E-state index in [9.17, 15) is 5.26 Å². The van der Waals surface area contributed by atoms with Gasteiger partial charge in [0.25, 0.3) is 0 Å². The number of aryl methyl sites for hydroxylation is 2. The lowest BCUT2D eigenvalue weighted by Crippen LogP contribution is -2.40. The summed E-state index contributed by atoms with van der Waals surface area (Å²) in [6.45, 7) is 9.00. The summed E-state index contributed by atoms with van der Waals surface area (Å²) in [5.41, 5.74) is 1.97. The standard InChI is InChI=1S/C16H25N3S/c1-5-18-16(4,12-17)8-6-7-9-20-15-11-13(2)10-14(3)19-15/h10-11,18H,5-9H2,1-4H3. The molecule has 0 aliphatic heterocycles. The fourth-order valence-corrected chi connectivity index (χ4v) is 3.24. The van der Waals surface area contributed by atoms with Crippen LogP contribution in [0.5, 0.6) is 0 Å². The van der Waals surface area contributed by atoms with E-state index in [4.69, 9.17) is 0 Å². The molecule has 1 rings (SSSR count). The van der Waals surface area contributed by atoms with Gasteiger partial charge in [-0.25, -0.2) is 4.98 Å². The van der Waals surface area contributed by atoms with Crippen LogP contribution in [0.15, 0.2) is 17.2 Å². The van der Waals surface area contributed by atoms with Crippen molar-refractivity contribution in [2.24, 2.45) is 0 Å². The van der Waals surface area contributed by atoms with Crippen molar-refractivity contribution in [3.63, 3.8) is 0 Å². The van der Waals surface area contributed by atoms with Crippen LogP contribution < -0.4 is 5.32 Å². The lowest BCUT2D eigenvalue weighted by atomic mass is 9.97. The van der Waals surface area contributed by atoms with Crippen LogP contribution in [0.1, 0.15) is 44.4 Å². The smallest absolute Gasteiger partial charge is 0.103 e. The molecule has 1 unspecified atom stereocenters. The fraction of sp³-hybridized carbons (Fsp3) is 0.625. The molecule has 1 N–H and O–H groups in total. The van der Waals surface area contributed by atoms with Gasteiger partial charge in [0, 0.05) is 5.69 Å². The second-order valence-corrected chi connectivity index (χ2v) is 6.52. The zero-order valence-corrected chi connectivity index (χ0v) is 13.8. The minimum Gasteiger partial charge on any atom is -0.300 e. The number of aromatic nitrogens is 1. The molecular formula is C16H25N3S. The Balaban J connectivity index is 2.30. The van der Waals surface area contributed by atoms with Gasteiger partial charge in [-0.3, -0.25) is 5.32 Å². The molecule has 0 aromatic carbocycles. The van der Waals surface area contributed by atoms with Gasteiger partial charge in [-0.1, -0.05) is 6.92 Å². The Morgan fingerprint density at radius 1 is 1.35 bits per heavy atom. The van der Waals surface area contributed by atoms with E-state index in [-0.39, 0.29) is 5.54 Å². The Morgan fingerprint density at radius 2 is 2.10 bits per heavy atom. The van der Waals surface area contributed by atoms with Gasteiger partial charge in [-0.2, -0.15) is 5.26 Å². The number of thioether (sulfide) groups is 1. The highest BCUT2D eigenvalue weighted by Gasteiger charge is 2.20. The van der Waals surface area contributed by atoms with Crippen molar-refractivity contribution in [1.29, 1.82) is 5.26 Å². The van der Waals surface area contributed by atoms with E-state index < -0.39 is 0 Å². The summed E-state index contributed by atoms with van der Waals surface area (Å²) in [5.74, 6) is 1.06. The van der Waals surface area contributed by atoms with Crippen molar-refractivity contribution in [3.05, 3.63) is 23.4 Å². The molecule has 4 heteroatoms.